The van der Waals surface area contributed by atoms with Crippen molar-refractivity contribution in [3.8, 4) is 5.75 Å². The molecule has 0 aliphatic rings. The highest BCUT2D eigenvalue weighted by atomic mass is 19.4. The molecular formula is C9H5F6N3O. The van der Waals surface area contributed by atoms with Gasteiger partial charge in [0, 0.05) is 4.91 Å². The van der Waals surface area contributed by atoms with Gasteiger partial charge in [-0.05, 0) is 23.7 Å². The van der Waals surface area contributed by atoms with Gasteiger partial charge < -0.3 is 4.74 Å². The van der Waals surface area contributed by atoms with Gasteiger partial charge in [0.15, 0.2) is 6.61 Å². The molecule has 0 aliphatic heterocycles. The lowest BCUT2D eigenvalue weighted by molar-refractivity contribution is -0.153. The summed E-state index contributed by atoms with van der Waals surface area (Å²) in [6.07, 6.45) is -9.36. The lowest BCUT2D eigenvalue weighted by Gasteiger charge is -2.13. The second kappa shape index (κ2) is 5.27. The molecule has 104 valence electrons. The Morgan fingerprint density at radius 3 is 2.26 bits per heavy atom. The largest absolute Gasteiger partial charge is 0.484 e. The van der Waals surface area contributed by atoms with Crippen LogP contribution in [0.2, 0.25) is 0 Å². The zero-order valence-electron chi connectivity index (χ0n) is 8.96. The molecule has 0 amide bonds. The van der Waals surface area contributed by atoms with Crippen LogP contribution in [-0.2, 0) is 6.18 Å². The van der Waals surface area contributed by atoms with Gasteiger partial charge in [-0.2, -0.15) is 26.3 Å². The van der Waals surface area contributed by atoms with E-state index in [2.05, 4.69) is 14.8 Å². The fourth-order valence-electron chi connectivity index (χ4n) is 1.10. The molecule has 0 unspecified atom stereocenters. The van der Waals surface area contributed by atoms with Gasteiger partial charge in [0.1, 0.15) is 5.75 Å². The van der Waals surface area contributed by atoms with Crippen LogP contribution in [0.4, 0.5) is 32.0 Å². The van der Waals surface area contributed by atoms with Crippen LogP contribution in [0.5, 0.6) is 5.75 Å². The van der Waals surface area contributed by atoms with E-state index in [0.29, 0.717) is 18.2 Å². The van der Waals surface area contributed by atoms with Crippen molar-refractivity contribution >= 4 is 5.69 Å². The first kappa shape index (κ1) is 15.0. The fraction of sp³-hybridized carbons (Fsp3) is 0.333. The third-order valence-corrected chi connectivity index (χ3v) is 1.83. The molecule has 1 aromatic rings. The summed E-state index contributed by atoms with van der Waals surface area (Å²) in [5.74, 6) is -0.580. The molecule has 0 atom stereocenters. The lowest BCUT2D eigenvalue weighted by atomic mass is 10.2. The fourth-order valence-corrected chi connectivity index (χ4v) is 1.10. The van der Waals surface area contributed by atoms with Gasteiger partial charge in [-0.3, -0.25) is 0 Å². The van der Waals surface area contributed by atoms with Crippen LogP contribution in [0.15, 0.2) is 23.3 Å². The summed E-state index contributed by atoms with van der Waals surface area (Å²) < 4.78 is 77.1. The van der Waals surface area contributed by atoms with Crippen molar-refractivity contribution in [2.75, 3.05) is 6.61 Å². The Hall–Kier alpha value is -2.09. The number of hydrogen-bond acceptors (Lipinski definition) is 2. The number of ether oxygens (including phenoxy) is 1. The molecule has 0 fully saturated rings. The summed E-state index contributed by atoms with van der Waals surface area (Å²) in [4.78, 5) is 2.23. The molecule has 4 nitrogen and oxygen atoms in total. The van der Waals surface area contributed by atoms with Crippen molar-refractivity contribution in [2.24, 2.45) is 5.11 Å². The van der Waals surface area contributed by atoms with Crippen LogP contribution >= 0.6 is 0 Å². The molecule has 19 heavy (non-hydrogen) atoms. The molecule has 0 saturated carbocycles. The molecule has 0 spiro atoms. The van der Waals surface area contributed by atoms with E-state index >= 15 is 0 Å². The third kappa shape index (κ3) is 4.59. The highest BCUT2D eigenvalue weighted by Gasteiger charge is 2.32. The average Bonchev–Trinajstić information content (AvgIpc) is 2.25. The molecule has 1 aromatic carbocycles. The van der Waals surface area contributed by atoms with Crippen molar-refractivity contribution in [1.29, 1.82) is 0 Å². The van der Waals surface area contributed by atoms with Crippen molar-refractivity contribution in [3.63, 3.8) is 0 Å². The third-order valence-electron chi connectivity index (χ3n) is 1.83. The summed E-state index contributed by atoms with van der Waals surface area (Å²) in [6, 6.07) is 1.60. The Morgan fingerprint density at radius 1 is 1.16 bits per heavy atom. The normalized spacial score (nSPS) is 11.9. The van der Waals surface area contributed by atoms with E-state index in [4.69, 9.17) is 5.53 Å². The monoisotopic (exact) mass is 285 g/mol. The highest BCUT2D eigenvalue weighted by Crippen LogP contribution is 2.37. The van der Waals surface area contributed by atoms with Crippen LogP contribution in [0.3, 0.4) is 0 Å². The standard InChI is InChI=1S/C9H5F6N3O/c10-8(11,12)4-19-7-2-1-5(9(13,14)15)3-6(7)17-18-16/h1-3H,4H2. The Balaban J connectivity index is 3.09. The Bertz CT molecular complexity index is 504. The topological polar surface area (TPSA) is 58.0 Å². The molecule has 0 aliphatic carbocycles. The Kier molecular flexibility index (Phi) is 4.15. The van der Waals surface area contributed by atoms with E-state index in [-0.39, 0.29) is 0 Å². The lowest BCUT2D eigenvalue weighted by Crippen LogP contribution is -2.19. The first-order valence-electron chi connectivity index (χ1n) is 4.59. The molecule has 10 heteroatoms. The van der Waals surface area contributed by atoms with Gasteiger partial charge in [-0.15, -0.1) is 0 Å². The Labute approximate surface area is 102 Å². The van der Waals surface area contributed by atoms with Gasteiger partial charge in [-0.1, -0.05) is 5.11 Å². The SMILES string of the molecule is [N-]=[N+]=Nc1cc(C(F)(F)F)ccc1OCC(F)(F)F. The predicted octanol–water partition coefficient (Wildman–Crippen LogP) is 4.59. The number of hydrogen-bond donors (Lipinski definition) is 0. The zero-order chi connectivity index (χ0) is 14.7. The maximum absolute atomic E-state index is 12.4. The van der Waals surface area contributed by atoms with E-state index in [1.807, 2.05) is 0 Å². The molecular weight excluding hydrogens is 280 g/mol. The second-order valence-corrected chi connectivity index (χ2v) is 3.27. The van der Waals surface area contributed by atoms with Gasteiger partial charge in [-0.25, -0.2) is 0 Å². The van der Waals surface area contributed by atoms with Crippen LogP contribution in [0, 0.1) is 0 Å². The van der Waals surface area contributed by atoms with Gasteiger partial charge >= 0.3 is 12.4 Å². The average molecular weight is 285 g/mol. The zero-order valence-corrected chi connectivity index (χ0v) is 8.96. The number of halogens is 6. The quantitative estimate of drug-likeness (QED) is 0.347. The van der Waals surface area contributed by atoms with E-state index < -0.39 is 36.0 Å². The first-order valence-corrected chi connectivity index (χ1v) is 4.59. The maximum Gasteiger partial charge on any atom is 0.422 e. The van der Waals surface area contributed by atoms with Crippen LogP contribution in [0.1, 0.15) is 5.56 Å². The molecule has 0 aromatic heterocycles. The second-order valence-electron chi connectivity index (χ2n) is 3.27. The Morgan fingerprint density at radius 2 is 1.79 bits per heavy atom. The predicted molar refractivity (Wildman–Crippen MR) is 51.8 cm³/mol. The number of alkyl halides is 6. The smallest absolute Gasteiger partial charge is 0.422 e. The molecule has 0 bridgehead atoms. The minimum Gasteiger partial charge on any atom is -0.484 e. The number of rotatable bonds is 3. The van der Waals surface area contributed by atoms with Crippen LogP contribution < -0.4 is 4.74 Å². The van der Waals surface area contributed by atoms with E-state index in [1.54, 1.807) is 0 Å². The van der Waals surface area contributed by atoms with Crippen LogP contribution in [-0.4, -0.2) is 12.8 Å². The molecule has 0 saturated heterocycles. The molecule has 0 heterocycles. The van der Waals surface area contributed by atoms with E-state index in [9.17, 15) is 26.3 Å². The van der Waals surface area contributed by atoms with Crippen LogP contribution in [0.25, 0.3) is 10.4 Å². The van der Waals surface area contributed by atoms with Gasteiger partial charge in [0.05, 0.1) is 11.3 Å². The van der Waals surface area contributed by atoms with Gasteiger partial charge in [0.2, 0.25) is 0 Å². The highest BCUT2D eigenvalue weighted by molar-refractivity contribution is 5.54. The molecule has 0 N–H and O–H groups in total. The summed E-state index contributed by atoms with van der Waals surface area (Å²) >= 11 is 0. The number of benzene rings is 1. The number of azide groups is 1. The van der Waals surface area contributed by atoms with Crippen molar-refractivity contribution in [2.45, 2.75) is 12.4 Å². The number of nitrogens with zero attached hydrogens (tertiary/aromatic N) is 3. The maximum atomic E-state index is 12.4. The minimum atomic E-state index is -4.71. The summed E-state index contributed by atoms with van der Waals surface area (Å²) in [7, 11) is 0. The molecule has 0 radical (unpaired) electrons. The van der Waals surface area contributed by atoms with Crippen molar-refractivity contribution in [1.82, 2.24) is 0 Å². The summed E-state index contributed by atoms with van der Waals surface area (Å²) in [5, 5.41) is 2.87. The summed E-state index contributed by atoms with van der Waals surface area (Å²) in [5.41, 5.74) is 6.34. The van der Waals surface area contributed by atoms with Crippen molar-refractivity contribution < 1.29 is 31.1 Å². The van der Waals surface area contributed by atoms with E-state index in [0.717, 1.165) is 0 Å². The van der Waals surface area contributed by atoms with Gasteiger partial charge in [0.25, 0.3) is 0 Å². The summed E-state index contributed by atoms with van der Waals surface area (Å²) in [6.45, 7) is -1.70. The molecule has 1 rings (SSSR count). The minimum absolute atomic E-state index is 0.408. The van der Waals surface area contributed by atoms with Crippen molar-refractivity contribution in [3.05, 3.63) is 34.2 Å². The van der Waals surface area contributed by atoms with E-state index in [1.165, 1.54) is 0 Å². The first-order chi connectivity index (χ1) is 8.63.